The van der Waals surface area contributed by atoms with E-state index in [0.29, 0.717) is 5.46 Å². The Labute approximate surface area is 180 Å². The second kappa shape index (κ2) is 9.37. The fourth-order valence-electron chi connectivity index (χ4n) is 2.26. The quantitative estimate of drug-likeness (QED) is 0.304. The van der Waals surface area contributed by atoms with Gasteiger partial charge in [-0.2, -0.15) is 0 Å². The van der Waals surface area contributed by atoms with E-state index in [9.17, 15) is 13.2 Å². The summed E-state index contributed by atoms with van der Waals surface area (Å²) < 4.78 is 42.5. The molecule has 30 heavy (non-hydrogen) atoms. The van der Waals surface area contributed by atoms with Crippen LogP contribution in [0.3, 0.4) is 0 Å². The highest BCUT2D eigenvalue weighted by molar-refractivity contribution is 7.94. The lowest BCUT2D eigenvalue weighted by Crippen LogP contribution is -2.41. The Morgan fingerprint density at radius 3 is 2.03 bits per heavy atom. The van der Waals surface area contributed by atoms with Crippen LogP contribution in [0.1, 0.15) is 59.0 Å². The van der Waals surface area contributed by atoms with E-state index in [1.54, 1.807) is 0 Å². The molecule has 9 heteroatoms. The van der Waals surface area contributed by atoms with Gasteiger partial charge in [-0.05, 0) is 60.6 Å². The summed E-state index contributed by atoms with van der Waals surface area (Å²) in [5.74, 6) is -0.803. The molecule has 1 aromatic heterocycles. The summed E-state index contributed by atoms with van der Waals surface area (Å²) in [6.45, 7) is 20.6. The zero-order chi connectivity index (χ0) is 23.5. The minimum absolute atomic E-state index is 0.171. The van der Waals surface area contributed by atoms with Crippen molar-refractivity contribution in [3.8, 4) is 0 Å². The smallest absolute Gasteiger partial charge is 0.464 e. The first kappa shape index (κ1) is 25.9. The first-order valence-electron chi connectivity index (χ1n) is 9.47. The van der Waals surface area contributed by atoms with Crippen molar-refractivity contribution in [1.82, 2.24) is 3.97 Å². The number of methoxy groups -OCH3 is 1. The van der Waals surface area contributed by atoms with Gasteiger partial charge in [0.25, 0.3) is 10.0 Å². The van der Waals surface area contributed by atoms with Gasteiger partial charge >= 0.3 is 13.1 Å². The Morgan fingerprint density at radius 1 is 1.20 bits per heavy atom. The summed E-state index contributed by atoms with van der Waals surface area (Å²) in [6.07, 6.45) is 4.46. The summed E-state index contributed by atoms with van der Waals surface area (Å²) in [6, 6.07) is 1.38. The van der Waals surface area contributed by atoms with Crippen molar-refractivity contribution in [2.75, 3.05) is 7.11 Å². The summed E-state index contributed by atoms with van der Waals surface area (Å²) in [7, 11) is -3.70. The van der Waals surface area contributed by atoms with E-state index in [0.717, 1.165) is 10.0 Å². The highest BCUT2D eigenvalue weighted by atomic mass is 32.2. The third kappa shape index (κ3) is 5.33. The van der Waals surface area contributed by atoms with Crippen molar-refractivity contribution in [3.05, 3.63) is 53.7 Å². The van der Waals surface area contributed by atoms with Gasteiger partial charge < -0.3 is 14.0 Å². The Morgan fingerprint density at radius 2 is 1.67 bits per heavy atom. The first-order chi connectivity index (χ1) is 13.6. The van der Waals surface area contributed by atoms with Crippen LogP contribution in [0.25, 0.3) is 0 Å². The van der Waals surface area contributed by atoms with Gasteiger partial charge in [0.05, 0.1) is 23.2 Å². The topological polar surface area (TPSA) is 83.8 Å². The number of carbonyl (C=O) groups is 1. The lowest BCUT2D eigenvalue weighted by molar-refractivity contribution is 0.00578. The Kier molecular flexibility index (Phi) is 8.10. The molecule has 166 valence electrons. The molecule has 0 aliphatic carbocycles. The predicted molar refractivity (Wildman–Crippen MR) is 120 cm³/mol. The van der Waals surface area contributed by atoms with Crippen LogP contribution in [0.4, 0.5) is 0 Å². The number of aromatic nitrogens is 1. The van der Waals surface area contributed by atoms with Crippen molar-refractivity contribution in [3.63, 3.8) is 0 Å². The van der Waals surface area contributed by atoms with Crippen LogP contribution in [0.15, 0.2) is 48.1 Å². The molecule has 1 saturated heterocycles. The van der Waals surface area contributed by atoms with E-state index >= 15 is 0 Å². The van der Waals surface area contributed by atoms with E-state index in [2.05, 4.69) is 37.8 Å². The molecule has 0 unspecified atom stereocenters. The van der Waals surface area contributed by atoms with E-state index < -0.39 is 34.3 Å². The molecule has 1 aromatic rings. The Bertz CT molecular complexity index is 936. The van der Waals surface area contributed by atoms with Crippen LogP contribution >= 0.6 is 0 Å². The monoisotopic (exact) mass is 437 g/mol. The molecule has 0 amide bonds. The van der Waals surface area contributed by atoms with E-state index in [4.69, 9.17) is 9.31 Å². The molecule has 0 atom stereocenters. The van der Waals surface area contributed by atoms with Crippen LogP contribution in [0, 0.1) is 0 Å². The normalized spacial score (nSPS) is 16.9. The van der Waals surface area contributed by atoms with Crippen molar-refractivity contribution >= 4 is 28.6 Å². The zero-order valence-electron chi connectivity index (χ0n) is 19.1. The number of carbonyl (C=O) groups excluding carboxylic acids is 1. The second-order valence-electron chi connectivity index (χ2n) is 8.08. The highest BCUT2D eigenvalue weighted by Gasteiger charge is 2.52. The molecule has 1 aliphatic heterocycles. The molecular weight excluding hydrogens is 405 g/mol. The first-order valence-corrected chi connectivity index (χ1v) is 10.9. The minimum Gasteiger partial charge on any atom is -0.464 e. The van der Waals surface area contributed by atoms with E-state index in [-0.39, 0.29) is 10.6 Å². The number of ether oxygens (including phenoxy) is 1. The number of hydrogen-bond acceptors (Lipinski definition) is 6. The van der Waals surface area contributed by atoms with Gasteiger partial charge in [-0.1, -0.05) is 24.8 Å². The van der Waals surface area contributed by atoms with Gasteiger partial charge in [0.1, 0.15) is 5.69 Å². The second-order valence-corrected chi connectivity index (χ2v) is 9.94. The molecule has 2 heterocycles. The van der Waals surface area contributed by atoms with E-state index in [1.165, 1.54) is 24.9 Å². The number of hydrogen-bond donors (Lipinski definition) is 0. The third-order valence-electron chi connectivity index (χ3n) is 5.12. The zero-order valence-corrected chi connectivity index (χ0v) is 19.9. The predicted octanol–water partition coefficient (Wildman–Crippen LogP) is 3.42. The molecule has 7 nitrogen and oxygen atoms in total. The number of esters is 1. The third-order valence-corrected chi connectivity index (χ3v) is 6.77. The summed E-state index contributed by atoms with van der Waals surface area (Å²) >= 11 is 0. The molecule has 0 spiro atoms. The molecule has 1 fully saturated rings. The maximum absolute atomic E-state index is 12.6. The fraction of sp³-hybridized carbons (Fsp3) is 0.476. The van der Waals surface area contributed by atoms with Crippen molar-refractivity contribution in [2.24, 2.45) is 0 Å². The molecule has 0 N–H and O–H groups in total. The lowest BCUT2D eigenvalue weighted by Gasteiger charge is -2.32. The Balaban J connectivity index is 0.000000804. The van der Waals surface area contributed by atoms with Crippen molar-refractivity contribution in [2.45, 2.75) is 59.7 Å². The summed E-state index contributed by atoms with van der Waals surface area (Å²) in [5, 5.41) is 0. The van der Waals surface area contributed by atoms with E-state index in [1.807, 2.05) is 34.6 Å². The van der Waals surface area contributed by atoms with Gasteiger partial charge in [0, 0.05) is 11.7 Å². The van der Waals surface area contributed by atoms with Gasteiger partial charge in [0.2, 0.25) is 0 Å². The van der Waals surface area contributed by atoms with Crippen molar-refractivity contribution < 1.29 is 27.3 Å². The van der Waals surface area contributed by atoms with Crippen LogP contribution < -0.4 is 5.46 Å². The number of allylic oxidation sites excluding steroid dienone is 3. The number of nitrogens with zero attached hydrogens (tertiary/aromatic N) is 1. The summed E-state index contributed by atoms with van der Waals surface area (Å²) in [5.41, 5.74) is 0.392. The SMILES string of the molecule is C=CC(=C)S(=O)(=O)n1cc(B2OC(C)(C)C(C)(C)O2)cc1C(=O)OC.CC=C(C)C. The molecule has 0 saturated carbocycles. The molecule has 2 rings (SSSR count). The number of rotatable bonds is 5. The largest absolute Gasteiger partial charge is 0.496 e. The van der Waals surface area contributed by atoms with Crippen molar-refractivity contribution in [1.29, 1.82) is 0 Å². The maximum Gasteiger partial charge on any atom is 0.496 e. The van der Waals surface area contributed by atoms with Crippen LogP contribution in [0.5, 0.6) is 0 Å². The molecule has 0 radical (unpaired) electrons. The summed E-state index contributed by atoms with van der Waals surface area (Å²) in [4.78, 5) is 11.8. The average molecular weight is 437 g/mol. The molecule has 0 bridgehead atoms. The minimum atomic E-state index is -4.05. The molecule has 0 aromatic carbocycles. The Hall–Kier alpha value is -2.10. The average Bonchev–Trinajstić information content (AvgIpc) is 3.20. The fourth-order valence-corrected chi connectivity index (χ4v) is 3.37. The van der Waals surface area contributed by atoms with Gasteiger partial charge in [-0.25, -0.2) is 17.2 Å². The van der Waals surface area contributed by atoms with Crippen LogP contribution in [-0.2, 0) is 24.1 Å². The molecular formula is C21H32BNO6S. The lowest BCUT2D eigenvalue weighted by atomic mass is 9.81. The van der Waals surface area contributed by atoms with Crippen LogP contribution in [0.2, 0.25) is 0 Å². The highest BCUT2D eigenvalue weighted by Crippen LogP contribution is 2.36. The standard InChI is InChI=1S/C16H22BNO6S.C5H10/c1-8-11(2)25(20,21)18-10-12(9-13(18)14(19)22-7)17-23-15(3,4)16(5,6)24-17;1-4-5(2)3/h8-10H,1-2H2,3-7H3;4H,1-3H3. The maximum atomic E-state index is 12.6. The molecule has 1 aliphatic rings. The van der Waals surface area contributed by atoms with Gasteiger partial charge in [-0.3, -0.25) is 0 Å². The van der Waals surface area contributed by atoms with Crippen LogP contribution in [-0.4, -0.2) is 43.8 Å². The van der Waals surface area contributed by atoms with Gasteiger partial charge in [-0.15, -0.1) is 0 Å². The van der Waals surface area contributed by atoms with Gasteiger partial charge in [0.15, 0.2) is 0 Å².